The van der Waals surface area contributed by atoms with E-state index in [4.69, 9.17) is 5.73 Å². The van der Waals surface area contributed by atoms with Crippen LogP contribution in [-0.4, -0.2) is 41.1 Å². The quantitative estimate of drug-likeness (QED) is 0.581. The molecule has 0 radical (unpaired) electrons. The summed E-state index contributed by atoms with van der Waals surface area (Å²) in [7, 11) is 0. The standard InChI is InChI=1S/C17H25N5O2/c1-11(2)9-12(10-18)20-15(23)7-8-19-17(24)16-13-5-3-4-6-14(13)21-22-16/h3-6,11-12H,7-10,18H2,1-2H3,(H,19,24)(H,20,23)(H,21,22). The molecule has 0 saturated heterocycles. The van der Waals surface area contributed by atoms with Crippen LogP contribution in [-0.2, 0) is 4.79 Å². The van der Waals surface area contributed by atoms with Gasteiger partial charge in [0, 0.05) is 30.9 Å². The van der Waals surface area contributed by atoms with Crippen LogP contribution >= 0.6 is 0 Å². The van der Waals surface area contributed by atoms with Crippen molar-refractivity contribution in [2.45, 2.75) is 32.7 Å². The second kappa shape index (κ2) is 8.44. The molecule has 1 unspecified atom stereocenters. The first-order chi connectivity index (χ1) is 11.5. The first kappa shape index (κ1) is 17.9. The zero-order chi connectivity index (χ0) is 17.5. The fourth-order valence-electron chi connectivity index (χ4n) is 2.59. The lowest BCUT2D eigenvalue weighted by atomic mass is 10.0. The Kier molecular flexibility index (Phi) is 6.31. The number of benzene rings is 1. The van der Waals surface area contributed by atoms with Gasteiger partial charge in [0.25, 0.3) is 5.91 Å². The molecule has 5 N–H and O–H groups in total. The normalized spacial score (nSPS) is 12.3. The molecular formula is C17H25N5O2. The van der Waals surface area contributed by atoms with Gasteiger partial charge in [0.2, 0.25) is 5.91 Å². The predicted molar refractivity (Wildman–Crippen MR) is 93.5 cm³/mol. The molecule has 2 aromatic rings. The molecule has 0 aliphatic rings. The molecule has 0 aliphatic carbocycles. The number of hydrogen-bond acceptors (Lipinski definition) is 4. The molecule has 1 aromatic heterocycles. The van der Waals surface area contributed by atoms with Crippen molar-refractivity contribution in [3.05, 3.63) is 30.0 Å². The number of carbonyl (C=O) groups is 2. The van der Waals surface area contributed by atoms with E-state index in [2.05, 4.69) is 34.7 Å². The minimum Gasteiger partial charge on any atom is -0.352 e. The predicted octanol–water partition coefficient (Wildman–Crippen LogP) is 1.17. The van der Waals surface area contributed by atoms with Crippen molar-refractivity contribution in [2.24, 2.45) is 11.7 Å². The molecule has 2 amide bonds. The van der Waals surface area contributed by atoms with Crippen LogP contribution in [0.3, 0.4) is 0 Å². The third kappa shape index (κ3) is 4.79. The number of nitrogens with two attached hydrogens (primary N) is 1. The van der Waals surface area contributed by atoms with Gasteiger partial charge in [-0.3, -0.25) is 14.7 Å². The fourth-order valence-corrected chi connectivity index (χ4v) is 2.59. The second-order valence-corrected chi connectivity index (χ2v) is 6.25. The average molecular weight is 331 g/mol. The van der Waals surface area contributed by atoms with E-state index in [1.165, 1.54) is 0 Å². The van der Waals surface area contributed by atoms with Gasteiger partial charge < -0.3 is 16.4 Å². The first-order valence-electron chi connectivity index (χ1n) is 8.22. The first-order valence-corrected chi connectivity index (χ1v) is 8.22. The maximum atomic E-state index is 12.2. The third-order valence-corrected chi connectivity index (χ3v) is 3.73. The summed E-state index contributed by atoms with van der Waals surface area (Å²) in [6.45, 7) is 4.84. The molecule has 0 fully saturated rings. The van der Waals surface area contributed by atoms with Gasteiger partial charge in [0.05, 0.1) is 5.52 Å². The molecule has 1 aromatic carbocycles. The Morgan fingerprint density at radius 1 is 1.29 bits per heavy atom. The molecule has 130 valence electrons. The van der Waals surface area contributed by atoms with Crippen molar-refractivity contribution in [1.82, 2.24) is 20.8 Å². The summed E-state index contributed by atoms with van der Waals surface area (Å²) in [6.07, 6.45) is 1.05. The van der Waals surface area contributed by atoms with E-state index in [0.29, 0.717) is 18.2 Å². The van der Waals surface area contributed by atoms with Gasteiger partial charge in [-0.2, -0.15) is 5.10 Å². The Morgan fingerprint density at radius 3 is 2.75 bits per heavy atom. The Bertz CT molecular complexity index is 695. The Hall–Kier alpha value is -2.41. The minimum absolute atomic E-state index is 0.0246. The van der Waals surface area contributed by atoms with Crippen molar-refractivity contribution in [2.75, 3.05) is 13.1 Å². The number of H-pyrrole nitrogens is 1. The number of para-hydroxylation sites is 1. The summed E-state index contributed by atoms with van der Waals surface area (Å²) in [5.41, 5.74) is 6.81. The van der Waals surface area contributed by atoms with Gasteiger partial charge in [-0.05, 0) is 18.4 Å². The lowest BCUT2D eigenvalue weighted by Gasteiger charge is -2.18. The van der Waals surface area contributed by atoms with Gasteiger partial charge >= 0.3 is 0 Å². The fraction of sp³-hybridized carbons (Fsp3) is 0.471. The summed E-state index contributed by atoms with van der Waals surface area (Å²) in [6, 6.07) is 7.39. The van der Waals surface area contributed by atoms with E-state index < -0.39 is 0 Å². The number of aromatic amines is 1. The van der Waals surface area contributed by atoms with Crippen LogP contribution in [0.2, 0.25) is 0 Å². The summed E-state index contributed by atoms with van der Waals surface area (Å²) < 4.78 is 0. The van der Waals surface area contributed by atoms with Gasteiger partial charge in [-0.25, -0.2) is 0 Å². The maximum absolute atomic E-state index is 12.2. The van der Waals surface area contributed by atoms with E-state index >= 15 is 0 Å². The van der Waals surface area contributed by atoms with Crippen molar-refractivity contribution in [3.8, 4) is 0 Å². The molecule has 2 rings (SSSR count). The van der Waals surface area contributed by atoms with Crippen LogP contribution < -0.4 is 16.4 Å². The Morgan fingerprint density at radius 2 is 2.04 bits per heavy atom. The average Bonchev–Trinajstić information content (AvgIpc) is 2.97. The summed E-state index contributed by atoms with van der Waals surface area (Å²) in [4.78, 5) is 24.1. The Labute approximate surface area is 141 Å². The largest absolute Gasteiger partial charge is 0.352 e. The lowest BCUT2D eigenvalue weighted by Crippen LogP contribution is -2.42. The number of nitrogens with zero attached hydrogens (tertiary/aromatic N) is 1. The van der Waals surface area contributed by atoms with Crippen molar-refractivity contribution >= 4 is 22.7 Å². The molecule has 0 bridgehead atoms. The van der Waals surface area contributed by atoms with Gasteiger partial charge in [0.1, 0.15) is 0 Å². The number of aromatic nitrogens is 2. The zero-order valence-electron chi connectivity index (χ0n) is 14.1. The van der Waals surface area contributed by atoms with Gasteiger partial charge in [-0.15, -0.1) is 0 Å². The van der Waals surface area contributed by atoms with Crippen molar-refractivity contribution < 1.29 is 9.59 Å². The highest BCUT2D eigenvalue weighted by molar-refractivity contribution is 6.04. The molecule has 24 heavy (non-hydrogen) atoms. The molecule has 1 heterocycles. The lowest BCUT2D eigenvalue weighted by molar-refractivity contribution is -0.121. The number of amides is 2. The van der Waals surface area contributed by atoms with Gasteiger partial charge in [-0.1, -0.05) is 32.0 Å². The molecule has 7 heteroatoms. The highest BCUT2D eigenvalue weighted by Gasteiger charge is 2.15. The Balaban J connectivity index is 1.81. The van der Waals surface area contributed by atoms with E-state index in [-0.39, 0.29) is 30.8 Å². The highest BCUT2D eigenvalue weighted by atomic mass is 16.2. The SMILES string of the molecule is CC(C)CC(CN)NC(=O)CCNC(=O)c1n[nH]c2ccccc12. The maximum Gasteiger partial charge on any atom is 0.272 e. The smallest absolute Gasteiger partial charge is 0.272 e. The highest BCUT2D eigenvalue weighted by Crippen LogP contribution is 2.14. The van der Waals surface area contributed by atoms with Crippen LogP contribution in [0.25, 0.3) is 10.9 Å². The zero-order valence-corrected chi connectivity index (χ0v) is 14.1. The molecule has 1 atom stereocenters. The van der Waals surface area contributed by atoms with Crippen molar-refractivity contribution in [1.29, 1.82) is 0 Å². The van der Waals surface area contributed by atoms with Crippen LogP contribution in [0, 0.1) is 5.92 Å². The number of fused-ring (bicyclic) bond motifs is 1. The molecule has 0 saturated carbocycles. The summed E-state index contributed by atoms with van der Waals surface area (Å²) >= 11 is 0. The van der Waals surface area contributed by atoms with E-state index in [1.807, 2.05) is 24.3 Å². The minimum atomic E-state index is -0.294. The number of nitrogens with one attached hydrogen (secondary N) is 3. The summed E-state index contributed by atoms with van der Waals surface area (Å²) in [5.74, 6) is 0.0580. The second-order valence-electron chi connectivity index (χ2n) is 6.25. The molecule has 0 spiro atoms. The van der Waals surface area contributed by atoms with Gasteiger partial charge in [0.15, 0.2) is 5.69 Å². The molecular weight excluding hydrogens is 306 g/mol. The van der Waals surface area contributed by atoms with Crippen LogP contribution in [0.15, 0.2) is 24.3 Å². The third-order valence-electron chi connectivity index (χ3n) is 3.73. The number of carbonyl (C=O) groups excluding carboxylic acids is 2. The van der Waals surface area contributed by atoms with Crippen molar-refractivity contribution in [3.63, 3.8) is 0 Å². The molecule has 7 nitrogen and oxygen atoms in total. The van der Waals surface area contributed by atoms with Crippen LogP contribution in [0.4, 0.5) is 0 Å². The summed E-state index contributed by atoms with van der Waals surface area (Å²) in [5, 5.41) is 13.2. The topological polar surface area (TPSA) is 113 Å². The molecule has 0 aliphatic heterocycles. The number of rotatable bonds is 8. The van der Waals surface area contributed by atoms with Crippen LogP contribution in [0.1, 0.15) is 37.2 Å². The number of hydrogen-bond donors (Lipinski definition) is 4. The van der Waals surface area contributed by atoms with E-state index in [9.17, 15) is 9.59 Å². The van der Waals surface area contributed by atoms with E-state index in [0.717, 1.165) is 17.3 Å². The van der Waals surface area contributed by atoms with E-state index in [1.54, 1.807) is 0 Å². The van der Waals surface area contributed by atoms with Crippen LogP contribution in [0.5, 0.6) is 0 Å². The monoisotopic (exact) mass is 331 g/mol.